The Hall–Kier alpha value is -0.150. The normalized spacial score (nSPS) is 45.0. The molecule has 1 N–H and O–H groups in total. The van der Waals surface area contributed by atoms with E-state index in [-0.39, 0.29) is 5.41 Å². The first kappa shape index (κ1) is 7.50. The first-order valence-corrected chi connectivity index (χ1v) is 4.23. The molecule has 3 heteroatoms. The van der Waals surface area contributed by atoms with Crippen molar-refractivity contribution in [2.75, 3.05) is 26.3 Å². The minimum absolute atomic E-state index is 0.137. The monoisotopic (exact) mass is 159 g/mol. The van der Waals surface area contributed by atoms with Crippen molar-refractivity contribution in [3.05, 3.63) is 0 Å². The zero-order chi connectivity index (χ0) is 7.73. The Labute approximate surface area is 66.1 Å². The standard InChI is InChI=1S/C8H14FNO/c9-7-3-8(6-11-4-7)1-2-10-5-8/h7,10H,1-6H2. The van der Waals surface area contributed by atoms with Gasteiger partial charge in [-0.05, 0) is 19.4 Å². The highest BCUT2D eigenvalue weighted by molar-refractivity contribution is 4.91. The third-order valence-corrected chi connectivity index (χ3v) is 2.69. The van der Waals surface area contributed by atoms with E-state index in [2.05, 4.69) is 5.32 Å². The maximum Gasteiger partial charge on any atom is 0.124 e. The molecule has 2 rings (SSSR count). The van der Waals surface area contributed by atoms with E-state index in [1.54, 1.807) is 0 Å². The predicted octanol–water partition coefficient (Wildman–Crippen LogP) is 0.724. The zero-order valence-electron chi connectivity index (χ0n) is 6.61. The average Bonchev–Trinajstić information content (AvgIpc) is 2.37. The number of nitrogens with one attached hydrogen (secondary N) is 1. The van der Waals surface area contributed by atoms with Crippen LogP contribution in [0.3, 0.4) is 0 Å². The lowest BCUT2D eigenvalue weighted by molar-refractivity contribution is -0.0433. The van der Waals surface area contributed by atoms with Gasteiger partial charge in [0.1, 0.15) is 6.17 Å². The first-order valence-electron chi connectivity index (χ1n) is 4.23. The Morgan fingerprint density at radius 1 is 1.55 bits per heavy atom. The number of alkyl halides is 1. The lowest BCUT2D eigenvalue weighted by atomic mass is 9.81. The molecule has 0 aromatic carbocycles. The molecule has 2 saturated heterocycles. The van der Waals surface area contributed by atoms with Crippen LogP contribution in [0.2, 0.25) is 0 Å². The minimum atomic E-state index is -0.733. The van der Waals surface area contributed by atoms with E-state index in [0.29, 0.717) is 13.0 Å². The Balaban J connectivity index is 2.00. The van der Waals surface area contributed by atoms with E-state index in [9.17, 15) is 4.39 Å². The van der Waals surface area contributed by atoms with Crippen molar-refractivity contribution >= 4 is 0 Å². The van der Waals surface area contributed by atoms with Crippen LogP contribution in [0.25, 0.3) is 0 Å². The maximum absolute atomic E-state index is 12.9. The molecule has 1 spiro atoms. The fourth-order valence-corrected chi connectivity index (χ4v) is 2.08. The zero-order valence-corrected chi connectivity index (χ0v) is 6.61. The van der Waals surface area contributed by atoms with Crippen LogP contribution in [0, 0.1) is 5.41 Å². The summed E-state index contributed by atoms with van der Waals surface area (Å²) in [4.78, 5) is 0. The molecule has 0 amide bonds. The van der Waals surface area contributed by atoms with Crippen LogP contribution in [0.1, 0.15) is 12.8 Å². The van der Waals surface area contributed by atoms with Crippen LogP contribution in [0.5, 0.6) is 0 Å². The van der Waals surface area contributed by atoms with Crippen LogP contribution >= 0.6 is 0 Å². The molecule has 0 aliphatic carbocycles. The molecule has 0 aromatic rings. The van der Waals surface area contributed by atoms with Gasteiger partial charge in [-0.15, -0.1) is 0 Å². The van der Waals surface area contributed by atoms with Gasteiger partial charge in [0.25, 0.3) is 0 Å². The topological polar surface area (TPSA) is 21.3 Å². The second-order valence-corrected chi connectivity index (χ2v) is 3.74. The van der Waals surface area contributed by atoms with Crippen LogP contribution < -0.4 is 5.32 Å². The molecule has 2 unspecified atom stereocenters. The molecule has 2 aliphatic rings. The quantitative estimate of drug-likeness (QED) is 0.562. The molecule has 2 atom stereocenters. The van der Waals surface area contributed by atoms with Crippen LogP contribution in [-0.4, -0.2) is 32.5 Å². The van der Waals surface area contributed by atoms with Gasteiger partial charge in [-0.1, -0.05) is 0 Å². The largest absolute Gasteiger partial charge is 0.378 e. The van der Waals surface area contributed by atoms with E-state index in [1.165, 1.54) is 0 Å². The fraction of sp³-hybridized carbons (Fsp3) is 1.00. The van der Waals surface area contributed by atoms with Crippen molar-refractivity contribution in [2.24, 2.45) is 5.41 Å². The van der Waals surface area contributed by atoms with Crippen molar-refractivity contribution in [1.82, 2.24) is 5.32 Å². The summed E-state index contributed by atoms with van der Waals surface area (Å²) in [7, 11) is 0. The summed E-state index contributed by atoms with van der Waals surface area (Å²) in [5, 5.41) is 3.26. The molecule has 2 fully saturated rings. The molecular formula is C8H14FNO. The number of rotatable bonds is 0. The number of ether oxygens (including phenoxy) is 1. The average molecular weight is 159 g/mol. The summed E-state index contributed by atoms with van der Waals surface area (Å²) in [6, 6.07) is 0. The molecule has 0 bridgehead atoms. The van der Waals surface area contributed by atoms with Gasteiger partial charge >= 0.3 is 0 Å². The van der Waals surface area contributed by atoms with E-state index in [1.807, 2.05) is 0 Å². The van der Waals surface area contributed by atoms with Gasteiger partial charge in [0, 0.05) is 12.0 Å². The molecule has 2 nitrogen and oxygen atoms in total. The highest BCUT2D eigenvalue weighted by Gasteiger charge is 2.39. The smallest absolute Gasteiger partial charge is 0.124 e. The Kier molecular flexibility index (Phi) is 1.85. The van der Waals surface area contributed by atoms with Crippen LogP contribution in [-0.2, 0) is 4.74 Å². The number of halogens is 1. The van der Waals surface area contributed by atoms with Crippen molar-refractivity contribution < 1.29 is 9.13 Å². The van der Waals surface area contributed by atoms with E-state index < -0.39 is 6.17 Å². The highest BCUT2D eigenvalue weighted by atomic mass is 19.1. The van der Waals surface area contributed by atoms with Crippen molar-refractivity contribution in [2.45, 2.75) is 19.0 Å². The lowest BCUT2D eigenvalue weighted by Gasteiger charge is -2.34. The van der Waals surface area contributed by atoms with E-state index in [0.717, 1.165) is 26.1 Å². The second-order valence-electron chi connectivity index (χ2n) is 3.74. The lowest BCUT2D eigenvalue weighted by Crippen LogP contribution is -2.39. The van der Waals surface area contributed by atoms with Gasteiger partial charge in [-0.25, -0.2) is 4.39 Å². The molecule has 0 saturated carbocycles. The molecule has 2 heterocycles. The highest BCUT2D eigenvalue weighted by Crippen LogP contribution is 2.35. The van der Waals surface area contributed by atoms with Crippen molar-refractivity contribution in [3.63, 3.8) is 0 Å². The third-order valence-electron chi connectivity index (χ3n) is 2.69. The number of hydrogen-bond donors (Lipinski definition) is 1. The fourth-order valence-electron chi connectivity index (χ4n) is 2.08. The Morgan fingerprint density at radius 2 is 2.45 bits per heavy atom. The van der Waals surface area contributed by atoms with E-state index in [4.69, 9.17) is 4.74 Å². The summed E-state index contributed by atoms with van der Waals surface area (Å²) in [5.41, 5.74) is 0.137. The summed E-state index contributed by atoms with van der Waals surface area (Å²) < 4.78 is 18.1. The second kappa shape index (κ2) is 2.72. The van der Waals surface area contributed by atoms with Crippen LogP contribution in [0.15, 0.2) is 0 Å². The minimum Gasteiger partial charge on any atom is -0.378 e. The Morgan fingerprint density at radius 3 is 3.09 bits per heavy atom. The molecule has 11 heavy (non-hydrogen) atoms. The number of hydrogen-bond acceptors (Lipinski definition) is 2. The SMILES string of the molecule is FC1COCC2(CCNC2)C1. The van der Waals surface area contributed by atoms with Crippen LogP contribution in [0.4, 0.5) is 4.39 Å². The predicted molar refractivity (Wildman–Crippen MR) is 40.3 cm³/mol. The van der Waals surface area contributed by atoms with Gasteiger partial charge in [0.2, 0.25) is 0 Å². The summed E-state index contributed by atoms with van der Waals surface area (Å²) in [5.74, 6) is 0. The summed E-state index contributed by atoms with van der Waals surface area (Å²) in [6.45, 7) is 3.02. The Bertz CT molecular complexity index is 145. The molecule has 64 valence electrons. The maximum atomic E-state index is 12.9. The third kappa shape index (κ3) is 1.40. The van der Waals surface area contributed by atoms with Crippen molar-refractivity contribution in [1.29, 1.82) is 0 Å². The molecule has 0 aromatic heterocycles. The molecule has 2 aliphatic heterocycles. The van der Waals surface area contributed by atoms with Gasteiger partial charge < -0.3 is 10.1 Å². The summed E-state index contributed by atoms with van der Waals surface area (Å²) in [6.07, 6.45) is 1.04. The molecule has 0 radical (unpaired) electrons. The van der Waals surface area contributed by atoms with Gasteiger partial charge in [-0.2, -0.15) is 0 Å². The molecular weight excluding hydrogens is 145 g/mol. The van der Waals surface area contributed by atoms with Crippen molar-refractivity contribution in [3.8, 4) is 0 Å². The van der Waals surface area contributed by atoms with Gasteiger partial charge in [0.15, 0.2) is 0 Å². The van der Waals surface area contributed by atoms with E-state index >= 15 is 0 Å². The van der Waals surface area contributed by atoms with Gasteiger partial charge in [0.05, 0.1) is 13.2 Å². The summed E-state index contributed by atoms with van der Waals surface area (Å²) >= 11 is 0. The van der Waals surface area contributed by atoms with Gasteiger partial charge in [-0.3, -0.25) is 0 Å². The first-order chi connectivity index (χ1) is 5.31.